The van der Waals surface area contributed by atoms with Crippen molar-refractivity contribution in [1.29, 1.82) is 0 Å². The molecule has 0 saturated heterocycles. The Hall–Kier alpha value is -3.24. The third-order valence-corrected chi connectivity index (χ3v) is 3.74. The quantitative estimate of drug-likeness (QED) is 0.607. The molecule has 10 nitrogen and oxygen atoms in total. The van der Waals surface area contributed by atoms with Crippen molar-refractivity contribution in [3.63, 3.8) is 0 Å². The van der Waals surface area contributed by atoms with Crippen LogP contribution in [-0.2, 0) is 11.3 Å². The Balaban J connectivity index is 1.99. The number of ether oxygens (including phenoxy) is 2. The van der Waals surface area contributed by atoms with Crippen LogP contribution in [0.1, 0.15) is 20.5 Å². The minimum atomic E-state index is -2.70. The molecule has 146 valence electrons. The highest BCUT2D eigenvalue weighted by Crippen LogP contribution is 2.37. The molecule has 0 fully saturated rings. The lowest BCUT2D eigenvalue weighted by atomic mass is 10.1. The largest absolute Gasteiger partial charge is 0.494 e. The summed E-state index contributed by atoms with van der Waals surface area (Å²) in [5.41, 5.74) is 0.755. The van der Waals surface area contributed by atoms with Gasteiger partial charge in [0.15, 0.2) is 16.6 Å². The van der Waals surface area contributed by atoms with Crippen LogP contribution in [0.2, 0.25) is 5.15 Å². The van der Waals surface area contributed by atoms with E-state index < -0.39 is 12.9 Å². The number of anilines is 2. The molecule has 3 rings (SSSR count). The predicted octanol–water partition coefficient (Wildman–Crippen LogP) is 2.44. The number of halogens is 1. The first-order valence-corrected chi connectivity index (χ1v) is 8.21. The highest BCUT2D eigenvalue weighted by Gasteiger charge is 2.19. The summed E-state index contributed by atoms with van der Waals surface area (Å²) < 4.78 is 37.3. The fourth-order valence-electron chi connectivity index (χ4n) is 2.41. The normalized spacial score (nSPS) is 12.6. The molecular formula is C17H17ClN6O4. The number of carbonyl (C=O) groups is 1. The van der Waals surface area contributed by atoms with E-state index in [1.165, 1.54) is 20.3 Å². The van der Waals surface area contributed by atoms with Gasteiger partial charge >= 0.3 is 0 Å². The molecule has 0 radical (unpaired) electrons. The second kappa shape index (κ2) is 8.63. The highest BCUT2D eigenvalue weighted by atomic mass is 35.5. The van der Waals surface area contributed by atoms with Gasteiger partial charge in [-0.1, -0.05) is 22.8 Å². The zero-order chi connectivity index (χ0) is 22.6. The Kier molecular flexibility index (Phi) is 4.87. The van der Waals surface area contributed by atoms with E-state index in [9.17, 15) is 4.79 Å². The Morgan fingerprint density at radius 3 is 2.93 bits per heavy atom. The number of hydrogen-bond donors (Lipinski definition) is 2. The standard InChI is InChI=1S/C17H17ClN6O4/c1-19-17(25)14-11(7-12(18)22-23-14)20-10-6-4-5-9(15(10)27-3)16-21-13(8-26-2)28-24-16/h4-7H,8H2,1-3H3,(H,19,25)(H,20,22)/i1D3. The van der Waals surface area contributed by atoms with E-state index >= 15 is 0 Å². The third kappa shape index (κ3) is 4.02. The van der Waals surface area contributed by atoms with Crippen LogP contribution in [0.15, 0.2) is 28.8 Å². The predicted molar refractivity (Wildman–Crippen MR) is 101 cm³/mol. The number of hydrogen-bond acceptors (Lipinski definition) is 9. The van der Waals surface area contributed by atoms with Gasteiger partial charge in [0.05, 0.1) is 24.0 Å². The first kappa shape index (κ1) is 15.8. The maximum absolute atomic E-state index is 12.4. The van der Waals surface area contributed by atoms with Crippen LogP contribution in [0.4, 0.5) is 11.4 Å². The zero-order valence-corrected chi connectivity index (χ0v) is 15.6. The fourth-order valence-corrected chi connectivity index (χ4v) is 2.56. The summed E-state index contributed by atoms with van der Waals surface area (Å²) in [5, 5.41) is 16.1. The number of nitrogens with one attached hydrogen (secondary N) is 2. The molecule has 0 spiro atoms. The van der Waals surface area contributed by atoms with Crippen molar-refractivity contribution in [2.24, 2.45) is 0 Å². The highest BCUT2D eigenvalue weighted by molar-refractivity contribution is 6.29. The Labute approximate surface area is 169 Å². The number of para-hydroxylation sites is 1. The smallest absolute Gasteiger partial charge is 0.273 e. The molecule has 0 aliphatic carbocycles. The molecule has 0 aliphatic rings. The molecule has 0 bridgehead atoms. The van der Waals surface area contributed by atoms with Crippen molar-refractivity contribution < 1.29 is 22.9 Å². The molecule has 0 atom stereocenters. The van der Waals surface area contributed by atoms with Crippen LogP contribution in [-0.4, -0.2) is 47.4 Å². The molecule has 0 aliphatic heterocycles. The minimum Gasteiger partial charge on any atom is -0.494 e. The topological polar surface area (TPSA) is 124 Å². The van der Waals surface area contributed by atoms with E-state index in [1.807, 2.05) is 5.32 Å². The summed E-state index contributed by atoms with van der Waals surface area (Å²) in [6.45, 7) is -2.55. The van der Waals surface area contributed by atoms with Crippen LogP contribution in [0.5, 0.6) is 5.75 Å². The van der Waals surface area contributed by atoms with E-state index in [4.69, 9.17) is 29.7 Å². The van der Waals surface area contributed by atoms with Crippen molar-refractivity contribution in [3.8, 4) is 17.1 Å². The second-order valence-corrected chi connectivity index (χ2v) is 5.73. The maximum Gasteiger partial charge on any atom is 0.273 e. The van der Waals surface area contributed by atoms with Gasteiger partial charge in [-0.15, -0.1) is 10.2 Å². The van der Waals surface area contributed by atoms with Gasteiger partial charge in [0.2, 0.25) is 5.82 Å². The Morgan fingerprint density at radius 2 is 2.18 bits per heavy atom. The zero-order valence-electron chi connectivity index (χ0n) is 17.8. The molecule has 2 heterocycles. The number of benzene rings is 1. The van der Waals surface area contributed by atoms with E-state index in [-0.39, 0.29) is 34.9 Å². The van der Waals surface area contributed by atoms with E-state index in [1.54, 1.807) is 18.2 Å². The Morgan fingerprint density at radius 1 is 1.32 bits per heavy atom. The average molecular weight is 408 g/mol. The summed E-state index contributed by atoms with van der Waals surface area (Å²) in [7, 11) is 2.95. The van der Waals surface area contributed by atoms with Gasteiger partial charge in [-0.2, -0.15) is 4.98 Å². The fraction of sp³-hybridized carbons (Fsp3) is 0.235. The maximum atomic E-state index is 12.4. The molecule has 1 aromatic carbocycles. The Bertz CT molecular complexity index is 1090. The van der Waals surface area contributed by atoms with Crippen molar-refractivity contribution in [1.82, 2.24) is 25.7 Å². The van der Waals surface area contributed by atoms with E-state index in [2.05, 4.69) is 25.7 Å². The van der Waals surface area contributed by atoms with Gasteiger partial charge in [0, 0.05) is 24.3 Å². The lowest BCUT2D eigenvalue weighted by Crippen LogP contribution is -2.21. The van der Waals surface area contributed by atoms with Crippen molar-refractivity contribution in [2.45, 2.75) is 6.61 Å². The van der Waals surface area contributed by atoms with Crippen LogP contribution in [0, 0.1) is 0 Å². The number of carbonyl (C=O) groups excluding carboxylic acids is 1. The molecule has 0 unspecified atom stereocenters. The van der Waals surface area contributed by atoms with Gasteiger partial charge in [0.1, 0.15) is 6.61 Å². The van der Waals surface area contributed by atoms with E-state index in [0.29, 0.717) is 17.0 Å². The van der Waals surface area contributed by atoms with Crippen LogP contribution >= 0.6 is 11.6 Å². The number of methoxy groups -OCH3 is 2. The summed E-state index contributed by atoms with van der Waals surface area (Å²) in [4.78, 5) is 16.6. The number of rotatable bonds is 7. The van der Waals surface area contributed by atoms with Gasteiger partial charge < -0.3 is 24.6 Å². The summed E-state index contributed by atoms with van der Waals surface area (Å²) in [6, 6.07) is 6.41. The third-order valence-electron chi connectivity index (χ3n) is 3.56. The second-order valence-electron chi connectivity index (χ2n) is 5.34. The van der Waals surface area contributed by atoms with Crippen molar-refractivity contribution >= 4 is 28.9 Å². The molecule has 0 saturated carbocycles. The summed E-state index contributed by atoms with van der Waals surface area (Å²) in [6.07, 6.45) is 0. The lowest BCUT2D eigenvalue weighted by Gasteiger charge is -2.15. The molecule has 2 N–H and O–H groups in total. The van der Waals surface area contributed by atoms with E-state index in [0.717, 1.165) is 0 Å². The molecule has 1 amide bonds. The van der Waals surface area contributed by atoms with Crippen LogP contribution in [0.25, 0.3) is 11.4 Å². The molecule has 28 heavy (non-hydrogen) atoms. The van der Waals surface area contributed by atoms with Gasteiger partial charge in [-0.3, -0.25) is 4.79 Å². The van der Waals surface area contributed by atoms with Gasteiger partial charge in [-0.05, 0) is 12.1 Å². The molecule has 2 aromatic heterocycles. The number of nitrogens with zero attached hydrogens (tertiary/aromatic N) is 4. The lowest BCUT2D eigenvalue weighted by molar-refractivity contribution is 0.0958. The SMILES string of the molecule is [2H]C([2H])([2H])NC(=O)c1nnc(Cl)cc1Nc1cccc(-c2noc(COC)n2)c1OC. The van der Waals surface area contributed by atoms with Gasteiger partial charge in [-0.25, -0.2) is 0 Å². The minimum absolute atomic E-state index is 0.00886. The van der Waals surface area contributed by atoms with Crippen LogP contribution in [0.3, 0.4) is 0 Å². The first-order valence-electron chi connectivity index (χ1n) is 9.33. The summed E-state index contributed by atoms with van der Waals surface area (Å²) in [5.74, 6) is -0.0722. The monoisotopic (exact) mass is 407 g/mol. The molecule has 11 heteroatoms. The average Bonchev–Trinajstić information content (AvgIpc) is 3.15. The molecular weight excluding hydrogens is 388 g/mol. The van der Waals surface area contributed by atoms with Crippen LogP contribution < -0.4 is 15.4 Å². The van der Waals surface area contributed by atoms with Crippen molar-refractivity contribution in [2.75, 3.05) is 26.5 Å². The van der Waals surface area contributed by atoms with Crippen molar-refractivity contribution in [3.05, 3.63) is 41.0 Å². The number of amides is 1. The summed E-state index contributed by atoms with van der Waals surface area (Å²) >= 11 is 5.92. The molecule has 3 aromatic rings. The first-order chi connectivity index (χ1) is 14.7. The van der Waals surface area contributed by atoms with Gasteiger partial charge in [0.25, 0.3) is 11.8 Å². The number of aromatic nitrogens is 4.